The number of hydrogen-bond acceptors (Lipinski definition) is 3. The highest BCUT2D eigenvalue weighted by atomic mass is 79.9. The van der Waals surface area contributed by atoms with Gasteiger partial charge in [0, 0.05) is 17.5 Å². The van der Waals surface area contributed by atoms with Crippen LogP contribution in [0.4, 0.5) is 0 Å². The molecule has 0 aliphatic rings. The molecule has 1 aromatic heterocycles. The molecule has 1 N–H and O–H groups in total. The van der Waals surface area contributed by atoms with Crippen molar-refractivity contribution in [1.29, 1.82) is 0 Å². The third-order valence-electron chi connectivity index (χ3n) is 2.74. The van der Waals surface area contributed by atoms with Crippen LogP contribution in [0.2, 0.25) is 0 Å². The van der Waals surface area contributed by atoms with Gasteiger partial charge in [-0.2, -0.15) is 0 Å². The molecule has 0 amide bonds. The zero-order valence-electron chi connectivity index (χ0n) is 10.3. The summed E-state index contributed by atoms with van der Waals surface area (Å²) in [6.07, 6.45) is 0. The van der Waals surface area contributed by atoms with Gasteiger partial charge in [-0.05, 0) is 40.5 Å². The predicted molar refractivity (Wildman–Crippen MR) is 73.8 cm³/mol. The maximum absolute atomic E-state index is 9.47. The molecule has 0 saturated heterocycles. The van der Waals surface area contributed by atoms with E-state index in [4.69, 9.17) is 0 Å². The van der Waals surface area contributed by atoms with Crippen molar-refractivity contribution < 1.29 is 5.11 Å². The second-order valence-corrected chi connectivity index (χ2v) is 7.73. The van der Waals surface area contributed by atoms with Crippen molar-refractivity contribution in [3.05, 3.63) is 20.8 Å². The minimum atomic E-state index is 0.0952. The molecular formula is C12H20BrNOS. The average molecular weight is 306 g/mol. The molecule has 0 aromatic carbocycles. The van der Waals surface area contributed by atoms with Crippen LogP contribution >= 0.6 is 27.3 Å². The molecule has 1 aromatic rings. The highest BCUT2D eigenvalue weighted by Crippen LogP contribution is 2.27. The van der Waals surface area contributed by atoms with Gasteiger partial charge in [-0.3, -0.25) is 4.90 Å². The van der Waals surface area contributed by atoms with Crippen molar-refractivity contribution >= 4 is 27.3 Å². The lowest BCUT2D eigenvalue weighted by Gasteiger charge is -2.36. The van der Waals surface area contributed by atoms with Gasteiger partial charge in [0.15, 0.2) is 0 Å². The number of thiophene rings is 1. The molecule has 0 bridgehead atoms. The van der Waals surface area contributed by atoms with E-state index in [0.29, 0.717) is 0 Å². The molecule has 0 aliphatic carbocycles. The molecule has 0 radical (unpaired) electrons. The van der Waals surface area contributed by atoms with E-state index < -0.39 is 0 Å². The highest BCUT2D eigenvalue weighted by molar-refractivity contribution is 9.11. The van der Waals surface area contributed by atoms with Gasteiger partial charge in [0.2, 0.25) is 0 Å². The zero-order chi connectivity index (χ0) is 12.3. The predicted octanol–water partition coefficient (Wildman–Crippen LogP) is 3.35. The second-order valence-electron chi connectivity index (χ2n) is 5.19. The van der Waals surface area contributed by atoms with E-state index in [1.165, 1.54) is 4.88 Å². The summed E-state index contributed by atoms with van der Waals surface area (Å²) in [5.74, 6) is 0. The van der Waals surface area contributed by atoms with Crippen LogP contribution in [0, 0.1) is 5.41 Å². The van der Waals surface area contributed by atoms with E-state index in [2.05, 4.69) is 60.8 Å². The second kappa shape index (κ2) is 5.63. The van der Waals surface area contributed by atoms with Crippen LogP contribution in [0.1, 0.15) is 25.6 Å². The molecule has 16 heavy (non-hydrogen) atoms. The standard InChI is InChI=1S/C12H20BrNOS/c1-12(2,3)10(8-15)14(4)7-9-5-6-11(13)16-9/h5-6,10,15H,7-8H2,1-4H3. The van der Waals surface area contributed by atoms with Gasteiger partial charge >= 0.3 is 0 Å². The van der Waals surface area contributed by atoms with Crippen LogP contribution in [0.3, 0.4) is 0 Å². The number of aliphatic hydroxyl groups excluding tert-OH is 1. The molecular weight excluding hydrogens is 286 g/mol. The Balaban J connectivity index is 2.66. The van der Waals surface area contributed by atoms with E-state index in [1.807, 2.05) is 0 Å². The number of likely N-dealkylation sites (N-methyl/N-ethyl adjacent to an activating group) is 1. The number of nitrogens with zero attached hydrogens (tertiary/aromatic N) is 1. The third kappa shape index (κ3) is 3.84. The summed E-state index contributed by atoms with van der Waals surface area (Å²) >= 11 is 5.21. The summed E-state index contributed by atoms with van der Waals surface area (Å²) in [6.45, 7) is 7.57. The summed E-state index contributed by atoms with van der Waals surface area (Å²) in [5, 5.41) is 9.47. The lowest BCUT2D eigenvalue weighted by molar-refractivity contribution is 0.0620. The van der Waals surface area contributed by atoms with Crippen LogP contribution in [0.25, 0.3) is 0 Å². The third-order valence-corrected chi connectivity index (χ3v) is 4.35. The van der Waals surface area contributed by atoms with Crippen molar-refractivity contribution in [2.24, 2.45) is 5.41 Å². The minimum Gasteiger partial charge on any atom is -0.395 e. The molecule has 92 valence electrons. The van der Waals surface area contributed by atoms with Crippen LogP contribution in [-0.4, -0.2) is 29.7 Å². The molecule has 0 fully saturated rings. The van der Waals surface area contributed by atoms with Gasteiger partial charge in [0.05, 0.1) is 10.4 Å². The van der Waals surface area contributed by atoms with E-state index in [-0.39, 0.29) is 18.1 Å². The number of rotatable bonds is 4. The van der Waals surface area contributed by atoms with Gasteiger partial charge < -0.3 is 5.11 Å². The smallest absolute Gasteiger partial charge is 0.0701 e. The maximum Gasteiger partial charge on any atom is 0.0701 e. The maximum atomic E-state index is 9.47. The van der Waals surface area contributed by atoms with Gasteiger partial charge in [-0.15, -0.1) is 11.3 Å². The minimum absolute atomic E-state index is 0.0952. The first kappa shape index (κ1) is 14.2. The van der Waals surface area contributed by atoms with Gasteiger partial charge in [0.25, 0.3) is 0 Å². The van der Waals surface area contributed by atoms with Crippen molar-refractivity contribution in [1.82, 2.24) is 4.90 Å². The van der Waals surface area contributed by atoms with E-state index >= 15 is 0 Å². The first-order chi connectivity index (χ1) is 7.34. The Bertz CT molecular complexity index is 332. The van der Waals surface area contributed by atoms with Gasteiger partial charge in [-0.25, -0.2) is 0 Å². The number of hydrogen-bond donors (Lipinski definition) is 1. The van der Waals surface area contributed by atoms with E-state index in [9.17, 15) is 5.11 Å². The first-order valence-electron chi connectivity index (χ1n) is 5.40. The summed E-state index contributed by atoms with van der Waals surface area (Å²) < 4.78 is 1.16. The van der Waals surface area contributed by atoms with Crippen LogP contribution < -0.4 is 0 Å². The van der Waals surface area contributed by atoms with Gasteiger partial charge in [-0.1, -0.05) is 20.8 Å². The van der Waals surface area contributed by atoms with Crippen molar-refractivity contribution in [3.63, 3.8) is 0 Å². The van der Waals surface area contributed by atoms with Crippen LogP contribution in [0.15, 0.2) is 15.9 Å². The first-order valence-corrected chi connectivity index (χ1v) is 7.01. The Morgan fingerprint density at radius 3 is 2.44 bits per heavy atom. The molecule has 4 heteroatoms. The topological polar surface area (TPSA) is 23.5 Å². The monoisotopic (exact) mass is 305 g/mol. The average Bonchev–Trinajstić information content (AvgIpc) is 2.49. The molecule has 1 unspecified atom stereocenters. The van der Waals surface area contributed by atoms with Crippen LogP contribution in [0.5, 0.6) is 0 Å². The summed E-state index contributed by atoms with van der Waals surface area (Å²) in [7, 11) is 2.07. The SMILES string of the molecule is CN(Cc1ccc(Br)s1)C(CO)C(C)(C)C. The van der Waals surface area contributed by atoms with Crippen molar-refractivity contribution in [3.8, 4) is 0 Å². The molecule has 1 rings (SSSR count). The van der Waals surface area contributed by atoms with Crippen LogP contribution in [-0.2, 0) is 6.54 Å². The highest BCUT2D eigenvalue weighted by Gasteiger charge is 2.27. The lowest BCUT2D eigenvalue weighted by atomic mass is 9.86. The molecule has 1 heterocycles. The van der Waals surface area contributed by atoms with Gasteiger partial charge in [0.1, 0.15) is 0 Å². The Kier molecular flexibility index (Phi) is 4.98. The Labute approximate surface area is 110 Å². The molecule has 0 spiro atoms. The Hall–Kier alpha value is 0.1000. The fourth-order valence-electron chi connectivity index (χ4n) is 1.87. The van der Waals surface area contributed by atoms with E-state index in [1.54, 1.807) is 11.3 Å². The Morgan fingerprint density at radius 1 is 1.44 bits per heavy atom. The molecule has 2 nitrogen and oxygen atoms in total. The normalized spacial score (nSPS) is 14.4. The lowest BCUT2D eigenvalue weighted by Crippen LogP contribution is -2.43. The summed E-state index contributed by atoms with van der Waals surface area (Å²) in [4.78, 5) is 3.54. The quantitative estimate of drug-likeness (QED) is 0.922. The fourth-order valence-corrected chi connectivity index (χ4v) is 3.41. The summed E-state index contributed by atoms with van der Waals surface area (Å²) in [6, 6.07) is 4.38. The molecule has 0 saturated carbocycles. The zero-order valence-corrected chi connectivity index (χ0v) is 12.7. The van der Waals surface area contributed by atoms with Crippen molar-refractivity contribution in [2.45, 2.75) is 33.4 Å². The molecule has 0 aliphatic heterocycles. The largest absolute Gasteiger partial charge is 0.395 e. The fraction of sp³-hybridized carbons (Fsp3) is 0.667. The molecule has 1 atom stereocenters. The number of aliphatic hydroxyl groups is 1. The Morgan fingerprint density at radius 2 is 2.06 bits per heavy atom. The van der Waals surface area contributed by atoms with Crippen molar-refractivity contribution in [2.75, 3.05) is 13.7 Å². The number of halogens is 1. The summed E-state index contributed by atoms with van der Waals surface area (Å²) in [5.41, 5.74) is 0.0952. The van der Waals surface area contributed by atoms with E-state index in [0.717, 1.165) is 10.3 Å².